The standard InChI is InChI=1S/C12H14ClN5/c1-7-10(14)11(17-12(13)16-7)18-6-15-8-4-2-3-5-9(8)18/h6H,2-5,14H2,1H3. The Balaban J connectivity index is 2.18. The molecule has 1 aliphatic carbocycles. The Bertz CT molecular complexity index is 605. The number of rotatable bonds is 1. The molecule has 0 radical (unpaired) electrons. The lowest BCUT2D eigenvalue weighted by molar-refractivity contribution is 0.654. The molecule has 0 unspecified atom stereocenters. The van der Waals surface area contributed by atoms with Crippen molar-refractivity contribution in [2.45, 2.75) is 32.6 Å². The van der Waals surface area contributed by atoms with Crippen LogP contribution in [-0.4, -0.2) is 19.5 Å². The Morgan fingerprint density at radius 2 is 2.06 bits per heavy atom. The van der Waals surface area contributed by atoms with Crippen molar-refractivity contribution >= 4 is 17.3 Å². The summed E-state index contributed by atoms with van der Waals surface area (Å²) in [4.78, 5) is 12.7. The van der Waals surface area contributed by atoms with Crippen molar-refractivity contribution in [1.29, 1.82) is 0 Å². The van der Waals surface area contributed by atoms with Gasteiger partial charge in [0.15, 0.2) is 5.82 Å². The second-order valence-corrected chi connectivity index (χ2v) is 4.87. The second kappa shape index (κ2) is 4.24. The molecule has 0 saturated carbocycles. The van der Waals surface area contributed by atoms with Gasteiger partial charge in [-0.15, -0.1) is 0 Å². The van der Waals surface area contributed by atoms with Crippen molar-refractivity contribution in [3.8, 4) is 5.82 Å². The molecule has 0 saturated heterocycles. The molecule has 94 valence electrons. The van der Waals surface area contributed by atoms with Crippen molar-refractivity contribution < 1.29 is 0 Å². The normalized spacial score (nSPS) is 14.6. The van der Waals surface area contributed by atoms with E-state index in [1.54, 1.807) is 6.33 Å². The van der Waals surface area contributed by atoms with Crippen LogP contribution in [0.15, 0.2) is 6.33 Å². The molecular weight excluding hydrogens is 250 g/mol. The van der Waals surface area contributed by atoms with Gasteiger partial charge in [-0.25, -0.2) is 9.97 Å². The zero-order valence-electron chi connectivity index (χ0n) is 10.1. The van der Waals surface area contributed by atoms with E-state index in [2.05, 4.69) is 15.0 Å². The lowest BCUT2D eigenvalue weighted by atomic mass is 10.0. The fourth-order valence-corrected chi connectivity index (χ4v) is 2.58. The van der Waals surface area contributed by atoms with E-state index in [4.69, 9.17) is 17.3 Å². The first-order valence-electron chi connectivity index (χ1n) is 6.02. The molecule has 2 aromatic heterocycles. The third-order valence-electron chi connectivity index (χ3n) is 3.35. The second-order valence-electron chi connectivity index (χ2n) is 4.53. The van der Waals surface area contributed by atoms with Gasteiger partial charge in [0, 0.05) is 5.69 Å². The van der Waals surface area contributed by atoms with Crippen LogP contribution in [0.5, 0.6) is 0 Å². The van der Waals surface area contributed by atoms with Crippen LogP contribution in [0, 0.1) is 6.92 Å². The van der Waals surface area contributed by atoms with E-state index in [9.17, 15) is 0 Å². The van der Waals surface area contributed by atoms with Crippen molar-refractivity contribution in [2.75, 3.05) is 5.73 Å². The summed E-state index contributed by atoms with van der Waals surface area (Å²) in [7, 11) is 0. The highest BCUT2D eigenvalue weighted by Crippen LogP contribution is 2.26. The first kappa shape index (κ1) is 11.5. The molecule has 0 bridgehead atoms. The lowest BCUT2D eigenvalue weighted by Gasteiger charge is -2.15. The molecule has 1 aliphatic rings. The van der Waals surface area contributed by atoms with E-state index in [1.807, 2.05) is 11.5 Å². The zero-order chi connectivity index (χ0) is 12.7. The summed E-state index contributed by atoms with van der Waals surface area (Å²) in [6.45, 7) is 1.83. The van der Waals surface area contributed by atoms with Gasteiger partial charge in [-0.05, 0) is 44.2 Å². The maximum absolute atomic E-state index is 6.04. The SMILES string of the molecule is Cc1nc(Cl)nc(-n2cnc3c2CCCC3)c1N. The van der Waals surface area contributed by atoms with Crippen molar-refractivity contribution in [1.82, 2.24) is 19.5 Å². The Kier molecular flexibility index (Phi) is 2.70. The van der Waals surface area contributed by atoms with Crippen LogP contribution in [0.25, 0.3) is 5.82 Å². The van der Waals surface area contributed by atoms with Gasteiger partial charge in [0.25, 0.3) is 0 Å². The van der Waals surface area contributed by atoms with Crippen LogP contribution in [-0.2, 0) is 12.8 Å². The average molecular weight is 264 g/mol. The van der Waals surface area contributed by atoms with E-state index in [0.717, 1.165) is 18.5 Å². The number of aryl methyl sites for hydroxylation is 2. The fourth-order valence-electron chi connectivity index (χ4n) is 2.37. The summed E-state index contributed by atoms with van der Waals surface area (Å²) in [6.07, 6.45) is 6.19. The summed E-state index contributed by atoms with van der Waals surface area (Å²) in [5, 5.41) is 0.218. The molecule has 18 heavy (non-hydrogen) atoms. The van der Waals surface area contributed by atoms with Gasteiger partial charge in [0.05, 0.1) is 17.1 Å². The average Bonchev–Trinajstić information content (AvgIpc) is 2.77. The molecule has 0 fully saturated rings. The van der Waals surface area contributed by atoms with Crippen molar-refractivity contribution in [2.24, 2.45) is 0 Å². The number of halogens is 1. The monoisotopic (exact) mass is 263 g/mol. The summed E-state index contributed by atoms with van der Waals surface area (Å²) < 4.78 is 1.95. The maximum Gasteiger partial charge on any atom is 0.224 e. The van der Waals surface area contributed by atoms with Crippen LogP contribution in [0.1, 0.15) is 29.9 Å². The third kappa shape index (κ3) is 1.75. The predicted octanol–water partition coefficient (Wildman–Crippen LogP) is 2.09. The highest BCUT2D eigenvalue weighted by molar-refractivity contribution is 6.28. The molecule has 0 aromatic carbocycles. The predicted molar refractivity (Wildman–Crippen MR) is 70.0 cm³/mol. The van der Waals surface area contributed by atoms with Crippen LogP contribution in [0.3, 0.4) is 0 Å². The van der Waals surface area contributed by atoms with Gasteiger partial charge in [0.2, 0.25) is 5.28 Å². The lowest BCUT2D eigenvalue weighted by Crippen LogP contribution is -2.11. The van der Waals surface area contributed by atoms with E-state index in [1.165, 1.54) is 18.5 Å². The number of aromatic nitrogens is 4. The summed E-state index contributed by atoms with van der Waals surface area (Å²) in [5.41, 5.74) is 9.64. The van der Waals surface area contributed by atoms with Crippen molar-refractivity contribution in [3.63, 3.8) is 0 Å². The number of hydrogen-bond donors (Lipinski definition) is 1. The number of anilines is 1. The summed E-state index contributed by atoms with van der Waals surface area (Å²) in [5.74, 6) is 0.642. The number of imidazole rings is 1. The van der Waals surface area contributed by atoms with Crippen LogP contribution in [0.4, 0.5) is 5.69 Å². The molecular formula is C12H14ClN5. The first-order chi connectivity index (χ1) is 8.66. The van der Waals surface area contributed by atoms with Crippen LogP contribution >= 0.6 is 11.6 Å². The van der Waals surface area contributed by atoms with Gasteiger partial charge in [-0.3, -0.25) is 4.57 Å². The number of nitrogen functional groups attached to an aromatic ring is 1. The number of nitrogens with zero attached hydrogens (tertiary/aromatic N) is 4. The van der Waals surface area contributed by atoms with Crippen LogP contribution in [0.2, 0.25) is 5.28 Å². The van der Waals surface area contributed by atoms with Gasteiger partial charge in [-0.2, -0.15) is 4.98 Å². The Hall–Kier alpha value is -1.62. The summed E-state index contributed by atoms with van der Waals surface area (Å²) >= 11 is 5.91. The molecule has 0 atom stereocenters. The topological polar surface area (TPSA) is 69.6 Å². The molecule has 0 aliphatic heterocycles. The van der Waals surface area contributed by atoms with Gasteiger partial charge in [-0.1, -0.05) is 0 Å². The van der Waals surface area contributed by atoms with Gasteiger partial charge < -0.3 is 5.73 Å². The number of fused-ring (bicyclic) bond motifs is 1. The third-order valence-corrected chi connectivity index (χ3v) is 3.52. The first-order valence-corrected chi connectivity index (χ1v) is 6.39. The minimum Gasteiger partial charge on any atom is -0.394 e. The summed E-state index contributed by atoms with van der Waals surface area (Å²) in [6, 6.07) is 0. The molecule has 5 nitrogen and oxygen atoms in total. The minimum absolute atomic E-state index is 0.218. The highest BCUT2D eigenvalue weighted by Gasteiger charge is 2.19. The van der Waals surface area contributed by atoms with Gasteiger partial charge >= 0.3 is 0 Å². The van der Waals surface area contributed by atoms with Crippen LogP contribution < -0.4 is 5.73 Å². The minimum atomic E-state index is 0.218. The fraction of sp³-hybridized carbons (Fsp3) is 0.417. The molecule has 6 heteroatoms. The molecule has 2 heterocycles. The quantitative estimate of drug-likeness (QED) is 0.800. The number of hydrogen-bond acceptors (Lipinski definition) is 4. The number of nitrogens with two attached hydrogens (primary N) is 1. The Morgan fingerprint density at radius 1 is 1.28 bits per heavy atom. The molecule has 2 N–H and O–H groups in total. The Morgan fingerprint density at radius 3 is 2.89 bits per heavy atom. The molecule has 3 rings (SSSR count). The molecule has 2 aromatic rings. The smallest absolute Gasteiger partial charge is 0.224 e. The van der Waals surface area contributed by atoms with E-state index in [-0.39, 0.29) is 5.28 Å². The van der Waals surface area contributed by atoms with E-state index < -0.39 is 0 Å². The van der Waals surface area contributed by atoms with E-state index >= 15 is 0 Å². The maximum atomic E-state index is 6.04. The Labute approximate surface area is 110 Å². The van der Waals surface area contributed by atoms with Crippen molar-refractivity contribution in [3.05, 3.63) is 28.7 Å². The zero-order valence-corrected chi connectivity index (χ0v) is 10.9. The highest BCUT2D eigenvalue weighted by atomic mass is 35.5. The largest absolute Gasteiger partial charge is 0.394 e. The molecule has 0 amide bonds. The molecule has 0 spiro atoms. The van der Waals surface area contributed by atoms with Gasteiger partial charge in [0.1, 0.15) is 6.33 Å². The van der Waals surface area contributed by atoms with E-state index in [0.29, 0.717) is 17.2 Å².